The van der Waals surface area contributed by atoms with Gasteiger partial charge in [0.1, 0.15) is 5.52 Å². The van der Waals surface area contributed by atoms with Crippen LogP contribution in [0.2, 0.25) is 0 Å². The third-order valence-electron chi connectivity index (χ3n) is 6.69. The number of nitrogens with zero attached hydrogens (tertiary/aromatic N) is 5. The lowest BCUT2D eigenvalue weighted by Gasteiger charge is -2.19. The molecule has 4 heterocycles. The van der Waals surface area contributed by atoms with E-state index in [4.69, 9.17) is 4.98 Å². The number of hydrogen-bond donors (Lipinski definition) is 1. The molecule has 0 radical (unpaired) electrons. The summed E-state index contributed by atoms with van der Waals surface area (Å²) < 4.78 is 27.7. The minimum atomic E-state index is -2.55. The van der Waals surface area contributed by atoms with Gasteiger partial charge in [0.05, 0.1) is 5.41 Å². The van der Waals surface area contributed by atoms with Crippen LogP contribution in [0.15, 0.2) is 36.7 Å². The number of benzene rings is 1. The molecule has 6 nitrogen and oxygen atoms in total. The van der Waals surface area contributed by atoms with Gasteiger partial charge in [0.25, 0.3) is 5.92 Å². The molecule has 2 fully saturated rings. The van der Waals surface area contributed by atoms with E-state index in [1.165, 1.54) is 11.1 Å². The summed E-state index contributed by atoms with van der Waals surface area (Å²) in [6.07, 6.45) is 3.93. The number of aromatic nitrogens is 3. The summed E-state index contributed by atoms with van der Waals surface area (Å²) in [6, 6.07) is 8.16. The van der Waals surface area contributed by atoms with E-state index in [-0.39, 0.29) is 6.42 Å². The lowest BCUT2D eigenvalue weighted by atomic mass is 10.1. The number of nitrogens with one attached hydrogen (secondary N) is 1. The second-order valence-electron chi connectivity index (χ2n) is 8.88. The quantitative estimate of drug-likeness (QED) is 0.708. The first-order chi connectivity index (χ1) is 14.4. The molecule has 1 spiro atoms. The molecule has 3 aliphatic rings. The molecular weight excluding hydrogens is 386 g/mol. The molecule has 1 saturated heterocycles. The first-order valence-electron chi connectivity index (χ1n) is 10.2. The van der Waals surface area contributed by atoms with Gasteiger partial charge in [0, 0.05) is 56.1 Å². The van der Waals surface area contributed by atoms with Crippen LogP contribution in [-0.4, -0.2) is 45.9 Å². The molecule has 2 aliphatic heterocycles. The fraction of sp³-hybridized carbons (Fsp3) is 0.409. The normalized spacial score (nSPS) is 24.6. The second-order valence-corrected chi connectivity index (χ2v) is 8.88. The molecule has 0 bridgehead atoms. The first kappa shape index (κ1) is 17.9. The van der Waals surface area contributed by atoms with Crippen LogP contribution in [0, 0.1) is 5.41 Å². The van der Waals surface area contributed by atoms with Crippen molar-refractivity contribution in [2.75, 3.05) is 30.4 Å². The zero-order chi connectivity index (χ0) is 20.5. The van der Waals surface area contributed by atoms with Gasteiger partial charge >= 0.3 is 0 Å². The van der Waals surface area contributed by atoms with E-state index in [1.807, 2.05) is 17.0 Å². The second kappa shape index (κ2) is 6.07. The van der Waals surface area contributed by atoms with Crippen LogP contribution in [-0.2, 0) is 13.1 Å². The van der Waals surface area contributed by atoms with E-state index in [2.05, 4.69) is 39.4 Å². The molecule has 1 aliphatic carbocycles. The standard InChI is InChI=1S/C22H22F2N6/c1-29-10-15-2-3-17(8-16(15)11-29)27-20-26-9-14-4-6-25-19(18(14)28-20)30-7-5-21(13-30)12-22(21,23)24/h2-4,6,8-9H,5,7,10-13H2,1H3,(H,26,27,28). The predicted molar refractivity (Wildman–Crippen MR) is 111 cm³/mol. The SMILES string of the molecule is CN1Cc2ccc(Nc3ncc4ccnc(N5CCC6(C5)CC6(F)F)c4n3)cc2C1. The van der Waals surface area contributed by atoms with Gasteiger partial charge in [-0.1, -0.05) is 6.07 Å². The molecule has 1 unspecified atom stereocenters. The average molecular weight is 408 g/mol. The zero-order valence-corrected chi connectivity index (χ0v) is 16.7. The van der Waals surface area contributed by atoms with Gasteiger partial charge in [-0.3, -0.25) is 4.90 Å². The molecule has 3 aromatic rings. The van der Waals surface area contributed by atoms with Crippen LogP contribution in [0.5, 0.6) is 0 Å². The van der Waals surface area contributed by atoms with Crippen molar-refractivity contribution in [1.29, 1.82) is 0 Å². The van der Waals surface area contributed by atoms with Crippen molar-refractivity contribution < 1.29 is 8.78 Å². The number of hydrogen-bond acceptors (Lipinski definition) is 6. The number of rotatable bonds is 3. The van der Waals surface area contributed by atoms with Crippen LogP contribution in [0.3, 0.4) is 0 Å². The van der Waals surface area contributed by atoms with Gasteiger partial charge in [0.2, 0.25) is 5.95 Å². The van der Waals surface area contributed by atoms with Gasteiger partial charge in [-0.05, 0) is 42.8 Å². The Kier molecular flexibility index (Phi) is 3.63. The molecule has 1 N–H and O–H groups in total. The van der Waals surface area contributed by atoms with E-state index >= 15 is 0 Å². The zero-order valence-electron chi connectivity index (χ0n) is 16.7. The maximum absolute atomic E-state index is 13.8. The molecule has 6 rings (SSSR count). The summed E-state index contributed by atoms with van der Waals surface area (Å²) in [5, 5.41) is 4.14. The Bertz CT molecular complexity index is 1170. The highest BCUT2D eigenvalue weighted by Crippen LogP contribution is 2.65. The average Bonchev–Trinajstić information content (AvgIpc) is 3.04. The first-order valence-corrected chi connectivity index (χ1v) is 10.2. The van der Waals surface area contributed by atoms with Crippen molar-refractivity contribution in [3.63, 3.8) is 0 Å². The Balaban J connectivity index is 1.31. The van der Waals surface area contributed by atoms with Crippen LogP contribution in [0.25, 0.3) is 10.9 Å². The van der Waals surface area contributed by atoms with Crippen LogP contribution in [0.1, 0.15) is 24.0 Å². The number of pyridine rings is 1. The van der Waals surface area contributed by atoms with Crippen LogP contribution >= 0.6 is 0 Å². The summed E-state index contributed by atoms with van der Waals surface area (Å²) in [7, 11) is 2.11. The summed E-state index contributed by atoms with van der Waals surface area (Å²) in [6.45, 7) is 2.80. The lowest BCUT2D eigenvalue weighted by molar-refractivity contribution is 0.0711. The maximum Gasteiger partial charge on any atom is 0.256 e. The number of halogens is 2. The smallest absolute Gasteiger partial charge is 0.256 e. The Morgan fingerprint density at radius 1 is 1.10 bits per heavy atom. The van der Waals surface area contributed by atoms with Crippen LogP contribution < -0.4 is 10.2 Å². The molecule has 1 saturated carbocycles. The summed E-state index contributed by atoms with van der Waals surface area (Å²) in [4.78, 5) is 17.9. The third-order valence-corrected chi connectivity index (χ3v) is 6.69. The highest BCUT2D eigenvalue weighted by molar-refractivity contribution is 5.89. The largest absolute Gasteiger partial charge is 0.354 e. The van der Waals surface area contributed by atoms with E-state index in [0.717, 1.165) is 24.2 Å². The maximum atomic E-state index is 13.8. The van der Waals surface area contributed by atoms with E-state index in [9.17, 15) is 8.78 Å². The Morgan fingerprint density at radius 3 is 2.73 bits per heavy atom. The van der Waals surface area contributed by atoms with Crippen molar-refractivity contribution >= 4 is 28.4 Å². The fourth-order valence-electron chi connectivity index (χ4n) is 4.88. The van der Waals surface area contributed by atoms with Gasteiger partial charge in [-0.25, -0.2) is 23.7 Å². The van der Waals surface area contributed by atoms with E-state index in [1.54, 1.807) is 12.4 Å². The predicted octanol–water partition coefficient (Wildman–Crippen LogP) is 3.95. The topological polar surface area (TPSA) is 57.2 Å². The Labute approximate surface area is 172 Å². The third kappa shape index (κ3) is 2.74. The van der Waals surface area contributed by atoms with Gasteiger partial charge < -0.3 is 10.2 Å². The van der Waals surface area contributed by atoms with Crippen LogP contribution in [0.4, 0.5) is 26.2 Å². The highest BCUT2D eigenvalue weighted by atomic mass is 19.3. The van der Waals surface area contributed by atoms with E-state index < -0.39 is 11.3 Å². The van der Waals surface area contributed by atoms with Crippen molar-refractivity contribution in [2.24, 2.45) is 5.41 Å². The highest BCUT2D eigenvalue weighted by Gasteiger charge is 2.72. The lowest BCUT2D eigenvalue weighted by Crippen LogP contribution is -2.23. The monoisotopic (exact) mass is 408 g/mol. The van der Waals surface area contributed by atoms with Crippen molar-refractivity contribution in [3.8, 4) is 0 Å². The van der Waals surface area contributed by atoms with Crippen molar-refractivity contribution in [2.45, 2.75) is 31.9 Å². The molecule has 0 amide bonds. The summed E-state index contributed by atoms with van der Waals surface area (Å²) in [5.41, 5.74) is 3.40. The summed E-state index contributed by atoms with van der Waals surface area (Å²) >= 11 is 0. The van der Waals surface area contributed by atoms with Gasteiger partial charge in [-0.15, -0.1) is 0 Å². The molecule has 1 aromatic carbocycles. The molecular formula is C22H22F2N6. The Hall–Kier alpha value is -2.87. The van der Waals surface area contributed by atoms with Gasteiger partial charge in [0.15, 0.2) is 5.82 Å². The summed E-state index contributed by atoms with van der Waals surface area (Å²) in [5.74, 6) is -1.41. The van der Waals surface area contributed by atoms with Crippen molar-refractivity contribution in [1.82, 2.24) is 19.9 Å². The molecule has 1 atom stereocenters. The van der Waals surface area contributed by atoms with Crippen molar-refractivity contribution in [3.05, 3.63) is 47.8 Å². The minimum absolute atomic E-state index is 0.0173. The molecule has 154 valence electrons. The number of anilines is 3. The minimum Gasteiger partial charge on any atom is -0.354 e. The molecule has 2 aromatic heterocycles. The van der Waals surface area contributed by atoms with E-state index in [0.29, 0.717) is 36.8 Å². The van der Waals surface area contributed by atoms with Gasteiger partial charge in [-0.2, -0.15) is 0 Å². The number of fused-ring (bicyclic) bond motifs is 2. The Morgan fingerprint density at radius 2 is 1.93 bits per heavy atom. The fourth-order valence-corrected chi connectivity index (χ4v) is 4.88. The number of alkyl halides is 2. The molecule has 30 heavy (non-hydrogen) atoms. The molecule has 8 heteroatoms.